The summed E-state index contributed by atoms with van der Waals surface area (Å²) >= 11 is 0. The van der Waals surface area contributed by atoms with Gasteiger partial charge in [-0.15, -0.1) is 10.2 Å². The molecule has 1 fully saturated rings. The first-order chi connectivity index (χ1) is 11.7. The van der Waals surface area contributed by atoms with E-state index in [1.165, 1.54) is 18.4 Å². The maximum absolute atomic E-state index is 12.7. The normalized spacial score (nSPS) is 20.5. The summed E-state index contributed by atoms with van der Waals surface area (Å²) in [7, 11) is 0. The fourth-order valence-electron chi connectivity index (χ4n) is 3.56. The second-order valence-electron chi connectivity index (χ2n) is 6.69. The van der Waals surface area contributed by atoms with Gasteiger partial charge in [-0.2, -0.15) is 0 Å². The summed E-state index contributed by atoms with van der Waals surface area (Å²) in [6.45, 7) is 4.41. The fraction of sp³-hybridized carbons (Fsp3) is 0.500. The van der Waals surface area contributed by atoms with Crippen LogP contribution in [-0.2, 0) is 24.3 Å². The molecule has 0 aliphatic carbocycles. The van der Waals surface area contributed by atoms with Gasteiger partial charge >= 0.3 is 0 Å². The highest BCUT2D eigenvalue weighted by molar-refractivity contribution is 5.99. The average molecular weight is 325 g/mol. The third-order valence-electron chi connectivity index (χ3n) is 4.99. The average Bonchev–Trinajstić information content (AvgIpc) is 3.18. The number of nitrogens with zero attached hydrogens (tertiary/aromatic N) is 4. The number of amides is 1. The minimum absolute atomic E-state index is 0.136. The van der Waals surface area contributed by atoms with Crippen molar-refractivity contribution >= 4 is 11.6 Å². The van der Waals surface area contributed by atoms with E-state index in [9.17, 15) is 4.79 Å². The lowest BCUT2D eigenvalue weighted by Crippen LogP contribution is -2.38. The summed E-state index contributed by atoms with van der Waals surface area (Å²) in [6, 6.07) is 8.00. The van der Waals surface area contributed by atoms with Crippen LogP contribution in [0.1, 0.15) is 36.5 Å². The number of anilines is 1. The van der Waals surface area contributed by atoms with Crippen LogP contribution in [0.25, 0.3) is 0 Å². The maximum atomic E-state index is 12.7. The molecule has 0 saturated carbocycles. The zero-order chi connectivity index (χ0) is 16.5. The van der Waals surface area contributed by atoms with Crippen molar-refractivity contribution in [3.8, 4) is 0 Å². The van der Waals surface area contributed by atoms with Crippen LogP contribution in [0.5, 0.6) is 0 Å². The van der Waals surface area contributed by atoms with E-state index in [2.05, 4.69) is 27.0 Å². The maximum Gasteiger partial charge on any atom is 0.244 e. The molecule has 0 radical (unpaired) electrons. The van der Waals surface area contributed by atoms with Gasteiger partial charge in [-0.25, -0.2) is 0 Å². The molecule has 2 aliphatic rings. The highest BCUT2D eigenvalue weighted by atomic mass is 16.2. The van der Waals surface area contributed by atoms with Gasteiger partial charge in [0.25, 0.3) is 0 Å². The Morgan fingerprint density at radius 3 is 2.83 bits per heavy atom. The van der Waals surface area contributed by atoms with E-state index in [0.717, 1.165) is 43.3 Å². The molecule has 1 atom stereocenters. The van der Waals surface area contributed by atoms with Gasteiger partial charge in [-0.05, 0) is 38.3 Å². The largest absolute Gasteiger partial charge is 0.314 e. The highest BCUT2D eigenvalue weighted by Crippen LogP contribution is 2.22. The van der Waals surface area contributed by atoms with Crippen molar-refractivity contribution in [1.29, 1.82) is 0 Å². The van der Waals surface area contributed by atoms with E-state index in [1.807, 2.05) is 29.2 Å². The zero-order valence-electron chi connectivity index (χ0n) is 14.0. The van der Waals surface area contributed by atoms with Crippen LogP contribution in [0.4, 0.5) is 5.69 Å². The molecule has 1 unspecified atom stereocenters. The number of aryl methyl sites for hydroxylation is 2. The van der Waals surface area contributed by atoms with Crippen LogP contribution in [0.15, 0.2) is 24.3 Å². The highest BCUT2D eigenvalue weighted by Gasteiger charge is 2.32. The van der Waals surface area contributed by atoms with E-state index < -0.39 is 0 Å². The topological polar surface area (TPSA) is 63.0 Å². The van der Waals surface area contributed by atoms with E-state index >= 15 is 0 Å². The summed E-state index contributed by atoms with van der Waals surface area (Å²) in [5.74, 6) is 2.18. The molecular weight excluding hydrogens is 302 g/mol. The van der Waals surface area contributed by atoms with E-state index in [-0.39, 0.29) is 11.9 Å². The molecule has 24 heavy (non-hydrogen) atoms. The second kappa shape index (κ2) is 6.36. The summed E-state index contributed by atoms with van der Waals surface area (Å²) in [5.41, 5.74) is 2.19. The molecule has 4 rings (SSSR count). The number of rotatable bonds is 4. The predicted octanol–water partition coefficient (Wildman–Crippen LogP) is 1.82. The number of aromatic nitrogens is 3. The molecule has 0 spiro atoms. The number of hydrogen-bond acceptors (Lipinski definition) is 4. The Hall–Kier alpha value is -2.21. The Kier molecular flexibility index (Phi) is 4.06. The zero-order valence-corrected chi connectivity index (χ0v) is 14.0. The van der Waals surface area contributed by atoms with Crippen LogP contribution in [0.2, 0.25) is 0 Å². The molecule has 6 nitrogen and oxygen atoms in total. The number of carbonyl (C=O) groups excluding carboxylic acids is 1. The Balaban J connectivity index is 1.40. The third-order valence-corrected chi connectivity index (χ3v) is 4.99. The Labute approximate surface area is 141 Å². The summed E-state index contributed by atoms with van der Waals surface area (Å²) in [6.07, 6.45) is 4.21. The van der Waals surface area contributed by atoms with Crippen molar-refractivity contribution in [2.45, 2.75) is 51.7 Å². The van der Waals surface area contributed by atoms with Crippen molar-refractivity contribution in [2.24, 2.45) is 0 Å². The molecule has 6 heteroatoms. The molecule has 2 aromatic rings. The number of benzene rings is 1. The number of nitrogens with one attached hydrogen (secondary N) is 1. The first-order valence-electron chi connectivity index (χ1n) is 8.75. The molecule has 1 N–H and O–H groups in total. The molecule has 126 valence electrons. The SMILES string of the molecule is Cc1ccc(N2CCC(NCc3nnc4n3CCCC4)C2=O)cc1. The lowest BCUT2D eigenvalue weighted by atomic mass is 10.1. The lowest BCUT2D eigenvalue weighted by molar-refractivity contribution is -0.118. The van der Waals surface area contributed by atoms with Crippen molar-refractivity contribution < 1.29 is 4.79 Å². The second-order valence-corrected chi connectivity index (χ2v) is 6.69. The predicted molar refractivity (Wildman–Crippen MR) is 91.7 cm³/mol. The Morgan fingerprint density at radius 2 is 2.00 bits per heavy atom. The third kappa shape index (κ3) is 2.82. The summed E-state index contributed by atoms with van der Waals surface area (Å²) in [5, 5.41) is 11.9. The molecule has 3 heterocycles. The van der Waals surface area contributed by atoms with Crippen LogP contribution in [0.3, 0.4) is 0 Å². The van der Waals surface area contributed by atoms with E-state index in [0.29, 0.717) is 6.54 Å². The van der Waals surface area contributed by atoms with Gasteiger partial charge in [0.05, 0.1) is 12.6 Å². The minimum Gasteiger partial charge on any atom is -0.314 e. The molecule has 1 aromatic heterocycles. The van der Waals surface area contributed by atoms with Gasteiger partial charge in [-0.1, -0.05) is 17.7 Å². The minimum atomic E-state index is -0.136. The fourth-order valence-corrected chi connectivity index (χ4v) is 3.56. The quantitative estimate of drug-likeness (QED) is 0.931. The standard InChI is InChI=1S/C18H23N5O/c1-13-5-7-14(8-6-13)22-11-9-15(18(22)24)19-12-17-21-20-16-4-2-3-10-23(16)17/h5-8,15,19H,2-4,9-12H2,1H3. The lowest BCUT2D eigenvalue weighted by Gasteiger charge is -2.18. The molecule has 2 aliphatic heterocycles. The van der Waals surface area contributed by atoms with Crippen LogP contribution < -0.4 is 10.2 Å². The van der Waals surface area contributed by atoms with Gasteiger partial charge in [-0.3, -0.25) is 10.1 Å². The van der Waals surface area contributed by atoms with Crippen LogP contribution in [0, 0.1) is 6.92 Å². The molecule has 0 bridgehead atoms. The first kappa shape index (κ1) is 15.3. The van der Waals surface area contributed by atoms with Gasteiger partial charge in [0, 0.05) is 25.2 Å². The van der Waals surface area contributed by atoms with Gasteiger partial charge in [0.2, 0.25) is 5.91 Å². The molecule has 1 amide bonds. The molecular formula is C18H23N5O. The van der Waals surface area contributed by atoms with Crippen LogP contribution >= 0.6 is 0 Å². The van der Waals surface area contributed by atoms with E-state index in [1.54, 1.807) is 0 Å². The van der Waals surface area contributed by atoms with Gasteiger partial charge in [0.15, 0.2) is 0 Å². The Morgan fingerprint density at radius 1 is 1.17 bits per heavy atom. The summed E-state index contributed by atoms with van der Waals surface area (Å²) in [4.78, 5) is 14.5. The van der Waals surface area contributed by atoms with Gasteiger partial charge < -0.3 is 9.47 Å². The molecule has 1 aromatic carbocycles. The van der Waals surface area contributed by atoms with Crippen molar-refractivity contribution in [3.63, 3.8) is 0 Å². The Bertz CT molecular complexity index is 736. The number of carbonyl (C=O) groups is 1. The molecule has 1 saturated heterocycles. The van der Waals surface area contributed by atoms with E-state index in [4.69, 9.17) is 0 Å². The number of hydrogen-bond donors (Lipinski definition) is 1. The van der Waals surface area contributed by atoms with Crippen LogP contribution in [-0.4, -0.2) is 33.3 Å². The van der Waals surface area contributed by atoms with Crippen molar-refractivity contribution in [2.75, 3.05) is 11.4 Å². The van der Waals surface area contributed by atoms with Crippen molar-refractivity contribution in [1.82, 2.24) is 20.1 Å². The monoisotopic (exact) mass is 325 g/mol. The first-order valence-corrected chi connectivity index (χ1v) is 8.75. The van der Waals surface area contributed by atoms with Gasteiger partial charge in [0.1, 0.15) is 11.6 Å². The van der Waals surface area contributed by atoms with Crippen molar-refractivity contribution in [3.05, 3.63) is 41.5 Å². The number of fused-ring (bicyclic) bond motifs is 1. The summed E-state index contributed by atoms with van der Waals surface area (Å²) < 4.78 is 2.20. The smallest absolute Gasteiger partial charge is 0.244 e.